The Morgan fingerprint density at radius 1 is 0.964 bits per heavy atom. The largest absolute Gasteiger partial charge is 0.356 e. The number of hydrogen-bond donors (Lipinski definition) is 1. The van der Waals surface area contributed by atoms with Gasteiger partial charge in [-0.1, -0.05) is 73.5 Å². The second-order valence-electron chi connectivity index (χ2n) is 8.40. The maximum atomic E-state index is 12.1. The number of carbonyl (C=O) groups is 1. The first-order valence-electron chi connectivity index (χ1n) is 10.7. The first kappa shape index (κ1) is 20.6. The molecule has 28 heavy (non-hydrogen) atoms. The zero-order chi connectivity index (χ0) is 19.8. The number of nitrogens with one attached hydrogen (secondary N) is 1. The second kappa shape index (κ2) is 10.4. The van der Waals surface area contributed by atoms with Gasteiger partial charge in [-0.2, -0.15) is 0 Å². The standard InChI is InChI=1S/C25H34N2O/c1-27(2)25(22-11-7-4-8-12-22)23-15-13-20(14-16-23)17-18-26-24(28)19-21-9-5-3-6-10-21/h3-12,20,23,25H,13-19H2,1-2H3,(H,26,28). The average molecular weight is 379 g/mol. The van der Waals surface area contributed by atoms with Gasteiger partial charge in [0.05, 0.1) is 6.42 Å². The van der Waals surface area contributed by atoms with E-state index in [-0.39, 0.29) is 5.91 Å². The first-order chi connectivity index (χ1) is 13.6. The fourth-order valence-corrected chi connectivity index (χ4v) is 4.69. The van der Waals surface area contributed by atoms with Crippen LogP contribution in [0, 0.1) is 11.8 Å². The van der Waals surface area contributed by atoms with Crippen LogP contribution in [0.5, 0.6) is 0 Å². The van der Waals surface area contributed by atoms with Gasteiger partial charge in [-0.15, -0.1) is 0 Å². The molecule has 2 aromatic rings. The quantitative estimate of drug-likeness (QED) is 0.712. The normalized spacial score (nSPS) is 20.7. The third-order valence-corrected chi connectivity index (χ3v) is 6.12. The van der Waals surface area contributed by atoms with Crippen molar-refractivity contribution in [3.63, 3.8) is 0 Å². The van der Waals surface area contributed by atoms with Crippen molar-refractivity contribution in [1.82, 2.24) is 10.2 Å². The van der Waals surface area contributed by atoms with Crippen molar-refractivity contribution in [2.75, 3.05) is 20.6 Å². The molecule has 1 unspecified atom stereocenters. The average Bonchev–Trinajstić information content (AvgIpc) is 2.71. The molecule has 3 rings (SSSR count). The van der Waals surface area contributed by atoms with Crippen molar-refractivity contribution < 1.29 is 4.79 Å². The summed E-state index contributed by atoms with van der Waals surface area (Å²) in [5, 5.41) is 3.11. The molecule has 1 fully saturated rings. The first-order valence-corrected chi connectivity index (χ1v) is 10.7. The van der Waals surface area contributed by atoms with Crippen LogP contribution in [0.15, 0.2) is 60.7 Å². The minimum atomic E-state index is 0.136. The minimum absolute atomic E-state index is 0.136. The summed E-state index contributed by atoms with van der Waals surface area (Å²) in [4.78, 5) is 14.5. The summed E-state index contributed by atoms with van der Waals surface area (Å²) in [5.74, 6) is 1.60. The van der Waals surface area contributed by atoms with Crippen molar-refractivity contribution in [2.24, 2.45) is 11.8 Å². The number of benzene rings is 2. The predicted octanol–water partition coefficient (Wildman–Crippen LogP) is 4.84. The number of rotatable bonds is 8. The summed E-state index contributed by atoms with van der Waals surface area (Å²) in [7, 11) is 4.40. The molecule has 0 saturated heterocycles. The molecule has 0 heterocycles. The van der Waals surface area contributed by atoms with Crippen molar-refractivity contribution in [3.8, 4) is 0 Å². The van der Waals surface area contributed by atoms with Gasteiger partial charge in [-0.25, -0.2) is 0 Å². The summed E-state index contributed by atoms with van der Waals surface area (Å²) in [6.07, 6.45) is 6.69. The molecule has 150 valence electrons. The third kappa shape index (κ3) is 5.93. The molecule has 1 aliphatic rings. The van der Waals surface area contributed by atoms with E-state index >= 15 is 0 Å². The van der Waals surface area contributed by atoms with E-state index in [9.17, 15) is 4.79 Å². The van der Waals surface area contributed by atoms with Gasteiger partial charge in [0, 0.05) is 12.6 Å². The Morgan fingerprint density at radius 2 is 1.57 bits per heavy atom. The van der Waals surface area contributed by atoms with Crippen molar-refractivity contribution in [2.45, 2.75) is 44.6 Å². The van der Waals surface area contributed by atoms with Gasteiger partial charge < -0.3 is 10.2 Å². The van der Waals surface area contributed by atoms with Crippen molar-refractivity contribution in [3.05, 3.63) is 71.8 Å². The Bertz CT molecular complexity index is 706. The van der Waals surface area contributed by atoms with Gasteiger partial charge in [-0.05, 0) is 56.3 Å². The van der Waals surface area contributed by atoms with Gasteiger partial charge in [0.15, 0.2) is 0 Å². The predicted molar refractivity (Wildman–Crippen MR) is 116 cm³/mol. The molecule has 1 saturated carbocycles. The fraction of sp³-hybridized carbons (Fsp3) is 0.480. The molecule has 1 aliphatic carbocycles. The Balaban J connectivity index is 1.41. The van der Waals surface area contributed by atoms with Crippen LogP contribution >= 0.6 is 0 Å². The molecule has 0 aromatic heterocycles. The number of carbonyl (C=O) groups excluding carboxylic acids is 1. The van der Waals surface area contributed by atoms with Crippen LogP contribution in [-0.2, 0) is 11.2 Å². The molecule has 2 aromatic carbocycles. The molecule has 1 N–H and O–H groups in total. The molecule has 1 atom stereocenters. The highest BCUT2D eigenvalue weighted by Crippen LogP contribution is 2.39. The molecule has 3 heteroatoms. The highest BCUT2D eigenvalue weighted by atomic mass is 16.1. The SMILES string of the molecule is CN(C)C(c1ccccc1)C1CCC(CCNC(=O)Cc2ccccc2)CC1. The summed E-state index contributed by atoms with van der Waals surface area (Å²) in [6, 6.07) is 21.4. The Labute approximate surface area is 170 Å². The maximum absolute atomic E-state index is 12.1. The van der Waals surface area contributed by atoms with Crippen molar-refractivity contribution in [1.29, 1.82) is 0 Å². The third-order valence-electron chi connectivity index (χ3n) is 6.12. The molecule has 0 bridgehead atoms. The van der Waals surface area contributed by atoms with Crippen LogP contribution in [-0.4, -0.2) is 31.4 Å². The van der Waals surface area contributed by atoms with Gasteiger partial charge in [-0.3, -0.25) is 4.79 Å². The molecule has 0 radical (unpaired) electrons. The van der Waals surface area contributed by atoms with Crippen LogP contribution in [0.1, 0.15) is 49.3 Å². The van der Waals surface area contributed by atoms with E-state index < -0.39 is 0 Å². The van der Waals surface area contributed by atoms with E-state index in [0.717, 1.165) is 30.4 Å². The lowest BCUT2D eigenvalue weighted by Crippen LogP contribution is -2.32. The second-order valence-corrected chi connectivity index (χ2v) is 8.40. The molecular formula is C25H34N2O. The Kier molecular flexibility index (Phi) is 7.67. The van der Waals surface area contributed by atoms with E-state index in [4.69, 9.17) is 0 Å². The lowest BCUT2D eigenvalue weighted by atomic mass is 9.75. The molecule has 0 aliphatic heterocycles. The summed E-state index contributed by atoms with van der Waals surface area (Å²) >= 11 is 0. The lowest BCUT2D eigenvalue weighted by molar-refractivity contribution is -0.120. The smallest absolute Gasteiger partial charge is 0.224 e. The van der Waals surface area contributed by atoms with Crippen molar-refractivity contribution >= 4 is 5.91 Å². The zero-order valence-corrected chi connectivity index (χ0v) is 17.3. The van der Waals surface area contributed by atoms with E-state index in [1.54, 1.807) is 0 Å². The monoisotopic (exact) mass is 378 g/mol. The highest BCUT2D eigenvalue weighted by Gasteiger charge is 2.29. The van der Waals surface area contributed by atoms with Gasteiger partial charge in [0.2, 0.25) is 5.91 Å². The van der Waals surface area contributed by atoms with Gasteiger partial charge in [0.1, 0.15) is 0 Å². The minimum Gasteiger partial charge on any atom is -0.356 e. The molecule has 3 nitrogen and oxygen atoms in total. The maximum Gasteiger partial charge on any atom is 0.224 e. The number of amides is 1. The summed E-state index contributed by atoms with van der Waals surface area (Å²) in [5.41, 5.74) is 2.51. The van der Waals surface area contributed by atoms with Crippen LogP contribution in [0.2, 0.25) is 0 Å². The zero-order valence-electron chi connectivity index (χ0n) is 17.3. The van der Waals surface area contributed by atoms with E-state index in [1.807, 2.05) is 30.3 Å². The number of nitrogens with zero attached hydrogens (tertiary/aromatic N) is 1. The topological polar surface area (TPSA) is 32.3 Å². The van der Waals surface area contributed by atoms with Gasteiger partial charge in [0.25, 0.3) is 0 Å². The van der Waals surface area contributed by atoms with Crippen LogP contribution < -0.4 is 5.32 Å². The van der Waals surface area contributed by atoms with E-state index in [2.05, 4.69) is 54.6 Å². The highest BCUT2D eigenvalue weighted by molar-refractivity contribution is 5.78. The number of hydrogen-bond acceptors (Lipinski definition) is 2. The van der Waals surface area contributed by atoms with E-state index in [1.165, 1.54) is 31.2 Å². The van der Waals surface area contributed by atoms with Crippen LogP contribution in [0.4, 0.5) is 0 Å². The summed E-state index contributed by atoms with van der Waals surface area (Å²) < 4.78 is 0. The fourth-order valence-electron chi connectivity index (χ4n) is 4.69. The summed E-state index contributed by atoms with van der Waals surface area (Å²) in [6.45, 7) is 0.802. The Morgan fingerprint density at radius 3 is 2.18 bits per heavy atom. The van der Waals surface area contributed by atoms with E-state index in [0.29, 0.717) is 12.5 Å². The van der Waals surface area contributed by atoms with Crippen LogP contribution in [0.25, 0.3) is 0 Å². The molecular weight excluding hydrogens is 344 g/mol. The lowest BCUT2D eigenvalue weighted by Gasteiger charge is -2.37. The molecule has 1 amide bonds. The van der Waals surface area contributed by atoms with Gasteiger partial charge >= 0.3 is 0 Å². The molecule has 0 spiro atoms. The van der Waals surface area contributed by atoms with Crippen LogP contribution in [0.3, 0.4) is 0 Å². The Hall–Kier alpha value is -2.13.